The van der Waals surface area contributed by atoms with E-state index in [0.717, 1.165) is 24.2 Å². The van der Waals surface area contributed by atoms with E-state index in [9.17, 15) is 4.79 Å². The fourth-order valence-corrected chi connectivity index (χ4v) is 3.56. The first-order chi connectivity index (χ1) is 10.3. The first kappa shape index (κ1) is 14.3. The molecule has 0 aliphatic carbocycles. The zero-order valence-electron chi connectivity index (χ0n) is 12.3. The summed E-state index contributed by atoms with van der Waals surface area (Å²) in [7, 11) is 1.67. The van der Waals surface area contributed by atoms with Crippen LogP contribution in [-0.4, -0.2) is 40.8 Å². The Morgan fingerprint density at radius 1 is 1.57 bits per heavy atom. The maximum absolute atomic E-state index is 12.7. The van der Waals surface area contributed by atoms with Gasteiger partial charge in [-0.1, -0.05) is 0 Å². The first-order valence-electron chi connectivity index (χ1n) is 7.13. The third-order valence-electron chi connectivity index (χ3n) is 3.93. The summed E-state index contributed by atoms with van der Waals surface area (Å²) >= 11 is 1.55. The van der Waals surface area contributed by atoms with E-state index in [2.05, 4.69) is 12.0 Å². The van der Waals surface area contributed by atoms with Gasteiger partial charge in [-0.25, -0.2) is 0 Å². The Bertz CT molecular complexity index is 607. The van der Waals surface area contributed by atoms with Gasteiger partial charge in [-0.2, -0.15) is 16.4 Å². The number of thiophene rings is 1. The minimum atomic E-state index is -0.0615. The molecule has 0 fully saturated rings. The van der Waals surface area contributed by atoms with Crippen molar-refractivity contribution in [1.29, 1.82) is 0 Å². The molecule has 0 bridgehead atoms. The lowest BCUT2D eigenvalue weighted by atomic mass is 9.99. The lowest BCUT2D eigenvalue weighted by Gasteiger charge is -2.35. The Hall–Kier alpha value is -1.66. The number of hydrogen-bond donors (Lipinski definition) is 0. The van der Waals surface area contributed by atoms with Crippen molar-refractivity contribution in [2.75, 3.05) is 20.3 Å². The average molecular weight is 305 g/mol. The predicted octanol–water partition coefficient (Wildman–Crippen LogP) is 2.35. The zero-order valence-corrected chi connectivity index (χ0v) is 13.1. The quantitative estimate of drug-likeness (QED) is 0.871. The first-order valence-corrected chi connectivity index (χ1v) is 8.07. The molecule has 1 aliphatic heterocycles. The number of rotatable bonds is 4. The molecule has 1 unspecified atom stereocenters. The number of methoxy groups -OCH3 is 1. The standard InChI is InChI=1S/C15H19N3O2S/c1-3-18-14-11(8-16-18)4-6-17(13(14)9-20-2)15(19)12-5-7-21-10-12/h5,7-8,10,13H,3-4,6,9H2,1-2H3. The second-order valence-corrected chi connectivity index (χ2v) is 5.88. The summed E-state index contributed by atoms with van der Waals surface area (Å²) in [5.74, 6) is 0.0767. The topological polar surface area (TPSA) is 47.4 Å². The molecule has 6 heteroatoms. The van der Waals surface area contributed by atoms with Gasteiger partial charge in [-0.15, -0.1) is 0 Å². The molecular weight excluding hydrogens is 286 g/mol. The van der Waals surface area contributed by atoms with Crippen LogP contribution < -0.4 is 0 Å². The second-order valence-electron chi connectivity index (χ2n) is 5.10. The van der Waals surface area contributed by atoms with Crippen molar-refractivity contribution in [3.05, 3.63) is 39.8 Å². The minimum Gasteiger partial charge on any atom is -0.382 e. The second kappa shape index (κ2) is 5.99. The normalized spacial score (nSPS) is 17.8. The molecule has 3 heterocycles. The van der Waals surface area contributed by atoms with Crippen LogP contribution in [-0.2, 0) is 17.7 Å². The van der Waals surface area contributed by atoms with Crippen LogP contribution in [0.4, 0.5) is 0 Å². The van der Waals surface area contributed by atoms with Gasteiger partial charge in [0, 0.05) is 25.6 Å². The Kier molecular flexibility index (Phi) is 4.07. The van der Waals surface area contributed by atoms with Crippen LogP contribution in [0.15, 0.2) is 23.0 Å². The van der Waals surface area contributed by atoms with E-state index >= 15 is 0 Å². The summed E-state index contributed by atoms with van der Waals surface area (Å²) in [6, 6.07) is 1.82. The highest BCUT2D eigenvalue weighted by molar-refractivity contribution is 7.08. The molecule has 5 nitrogen and oxygen atoms in total. The van der Waals surface area contributed by atoms with Gasteiger partial charge >= 0.3 is 0 Å². The SMILES string of the molecule is CCn1ncc2c1C(COC)N(C(=O)c1ccsc1)CC2. The monoisotopic (exact) mass is 305 g/mol. The Morgan fingerprint density at radius 2 is 2.43 bits per heavy atom. The lowest BCUT2D eigenvalue weighted by molar-refractivity contribution is 0.0483. The lowest BCUT2D eigenvalue weighted by Crippen LogP contribution is -2.42. The highest BCUT2D eigenvalue weighted by Gasteiger charge is 2.34. The van der Waals surface area contributed by atoms with Crippen LogP contribution in [0, 0.1) is 0 Å². The average Bonchev–Trinajstić information content (AvgIpc) is 3.16. The molecule has 2 aromatic heterocycles. The molecule has 0 spiro atoms. The van der Waals surface area contributed by atoms with Crippen molar-refractivity contribution in [2.24, 2.45) is 0 Å². The van der Waals surface area contributed by atoms with Crippen LogP contribution in [0.25, 0.3) is 0 Å². The van der Waals surface area contributed by atoms with E-state index in [1.165, 1.54) is 5.56 Å². The minimum absolute atomic E-state index is 0.0615. The van der Waals surface area contributed by atoms with Crippen LogP contribution in [0.1, 0.15) is 34.6 Å². The molecule has 1 aliphatic rings. The highest BCUT2D eigenvalue weighted by atomic mass is 32.1. The number of aryl methyl sites for hydroxylation is 1. The van der Waals surface area contributed by atoms with Gasteiger partial charge < -0.3 is 9.64 Å². The van der Waals surface area contributed by atoms with Crippen molar-refractivity contribution in [3.8, 4) is 0 Å². The summed E-state index contributed by atoms with van der Waals surface area (Å²) in [6.07, 6.45) is 2.78. The fraction of sp³-hybridized carbons (Fsp3) is 0.467. The van der Waals surface area contributed by atoms with Crippen LogP contribution in [0.5, 0.6) is 0 Å². The molecule has 0 N–H and O–H groups in total. The Balaban J connectivity index is 1.96. The van der Waals surface area contributed by atoms with Crippen LogP contribution in [0.2, 0.25) is 0 Å². The summed E-state index contributed by atoms with van der Waals surface area (Å²) in [4.78, 5) is 14.6. The summed E-state index contributed by atoms with van der Waals surface area (Å²) in [5.41, 5.74) is 3.11. The van der Waals surface area contributed by atoms with Crippen molar-refractivity contribution in [3.63, 3.8) is 0 Å². The molecule has 112 valence electrons. The number of amides is 1. The van der Waals surface area contributed by atoms with Gasteiger partial charge in [-0.3, -0.25) is 9.48 Å². The van der Waals surface area contributed by atoms with Gasteiger partial charge in [0.2, 0.25) is 0 Å². The molecule has 21 heavy (non-hydrogen) atoms. The van der Waals surface area contributed by atoms with Crippen molar-refractivity contribution in [1.82, 2.24) is 14.7 Å². The molecule has 0 saturated carbocycles. The largest absolute Gasteiger partial charge is 0.382 e. The molecule has 0 aromatic carbocycles. The third-order valence-corrected chi connectivity index (χ3v) is 4.61. The molecule has 0 saturated heterocycles. The van der Waals surface area contributed by atoms with Crippen molar-refractivity contribution in [2.45, 2.75) is 25.9 Å². The number of carbonyl (C=O) groups is 1. The predicted molar refractivity (Wildman–Crippen MR) is 81.6 cm³/mol. The van der Waals surface area contributed by atoms with Crippen molar-refractivity contribution < 1.29 is 9.53 Å². The van der Waals surface area contributed by atoms with E-state index in [4.69, 9.17) is 4.74 Å². The molecule has 1 amide bonds. The van der Waals surface area contributed by atoms with E-state index in [1.807, 2.05) is 32.6 Å². The number of aromatic nitrogens is 2. The number of nitrogens with zero attached hydrogens (tertiary/aromatic N) is 3. The molecular formula is C15H19N3O2S. The van der Waals surface area contributed by atoms with Crippen molar-refractivity contribution >= 4 is 17.2 Å². The van der Waals surface area contributed by atoms with E-state index in [1.54, 1.807) is 18.4 Å². The summed E-state index contributed by atoms with van der Waals surface area (Å²) in [6.45, 7) is 4.08. The molecule has 0 radical (unpaired) electrons. The number of fused-ring (bicyclic) bond motifs is 1. The maximum atomic E-state index is 12.7. The van der Waals surface area contributed by atoms with Crippen LogP contribution >= 0.6 is 11.3 Å². The highest BCUT2D eigenvalue weighted by Crippen LogP contribution is 2.31. The smallest absolute Gasteiger partial charge is 0.255 e. The van der Waals surface area contributed by atoms with E-state index < -0.39 is 0 Å². The Labute approximate surface area is 128 Å². The number of ether oxygens (including phenoxy) is 1. The number of hydrogen-bond acceptors (Lipinski definition) is 4. The maximum Gasteiger partial charge on any atom is 0.255 e. The molecule has 3 rings (SSSR count). The fourth-order valence-electron chi connectivity index (χ4n) is 2.93. The van der Waals surface area contributed by atoms with Crippen LogP contribution in [0.3, 0.4) is 0 Å². The molecule has 2 aromatic rings. The Morgan fingerprint density at radius 3 is 3.10 bits per heavy atom. The van der Waals surface area contributed by atoms with Gasteiger partial charge in [0.1, 0.15) is 0 Å². The number of carbonyl (C=O) groups excluding carboxylic acids is 1. The third kappa shape index (κ3) is 2.49. The molecule has 1 atom stereocenters. The van der Waals surface area contributed by atoms with Gasteiger partial charge in [0.05, 0.1) is 30.1 Å². The summed E-state index contributed by atoms with van der Waals surface area (Å²) in [5, 5.41) is 8.27. The summed E-state index contributed by atoms with van der Waals surface area (Å²) < 4.78 is 7.35. The van der Waals surface area contributed by atoms with Gasteiger partial charge in [-0.05, 0) is 30.4 Å². The van der Waals surface area contributed by atoms with E-state index in [-0.39, 0.29) is 11.9 Å². The zero-order chi connectivity index (χ0) is 14.8. The van der Waals surface area contributed by atoms with Gasteiger partial charge in [0.15, 0.2) is 0 Å². The van der Waals surface area contributed by atoms with Gasteiger partial charge in [0.25, 0.3) is 5.91 Å². The van der Waals surface area contributed by atoms with E-state index in [0.29, 0.717) is 13.2 Å².